The van der Waals surface area contributed by atoms with Crippen molar-refractivity contribution in [1.82, 2.24) is 45.2 Å². The maximum Gasteiger partial charge on any atom is 0.352 e. The van der Waals surface area contributed by atoms with Gasteiger partial charge in [0.2, 0.25) is 12.0 Å². The van der Waals surface area contributed by atoms with Crippen molar-refractivity contribution in [2.45, 2.75) is 64.3 Å². The summed E-state index contributed by atoms with van der Waals surface area (Å²) in [6.45, 7) is 9.35. The van der Waals surface area contributed by atoms with Crippen LogP contribution in [0.1, 0.15) is 51.3 Å². The number of halogens is 2. The van der Waals surface area contributed by atoms with Crippen LogP contribution in [0, 0.1) is 17.0 Å². The first kappa shape index (κ1) is 45.4. The van der Waals surface area contributed by atoms with Gasteiger partial charge < -0.3 is 29.6 Å². The predicted octanol–water partition coefficient (Wildman–Crippen LogP) is 5.63. The lowest BCUT2D eigenvalue weighted by atomic mass is 9.93. The third-order valence-electron chi connectivity index (χ3n) is 12.0. The van der Waals surface area contributed by atoms with Gasteiger partial charge >= 0.3 is 5.69 Å². The molecule has 5 aromatic rings. The van der Waals surface area contributed by atoms with Gasteiger partial charge in [-0.1, -0.05) is 69.3 Å². The number of aldehydes is 1. The second kappa shape index (κ2) is 18.4. The van der Waals surface area contributed by atoms with E-state index in [0.29, 0.717) is 60.5 Å². The summed E-state index contributed by atoms with van der Waals surface area (Å²) < 4.78 is 59.7. The fourth-order valence-corrected chi connectivity index (χ4v) is 8.67. The molecule has 5 atom stereocenters. The van der Waals surface area contributed by atoms with E-state index in [4.69, 9.17) is 24.0 Å². The number of aromatic nitrogens is 6. The van der Waals surface area contributed by atoms with Crippen molar-refractivity contribution in [3.8, 4) is 17.1 Å². The number of nitrogens with one attached hydrogen (secondary N) is 3. The Hall–Kier alpha value is -6.15. The summed E-state index contributed by atoms with van der Waals surface area (Å²) in [5.74, 6) is -2.27. The van der Waals surface area contributed by atoms with Crippen molar-refractivity contribution >= 4 is 12.1 Å². The van der Waals surface area contributed by atoms with Crippen LogP contribution in [0.3, 0.4) is 0 Å². The summed E-state index contributed by atoms with van der Waals surface area (Å²) in [6, 6.07) is 19.8. The smallest absolute Gasteiger partial charge is 0.352 e. The molecule has 5 unspecified atom stereocenters. The molecule has 0 saturated carbocycles. The van der Waals surface area contributed by atoms with E-state index in [1.807, 2.05) is 101 Å². The zero-order valence-corrected chi connectivity index (χ0v) is 37.3. The molecule has 3 aliphatic heterocycles. The van der Waals surface area contributed by atoms with Crippen molar-refractivity contribution in [3.05, 3.63) is 148 Å². The first-order valence-corrected chi connectivity index (χ1v) is 21.5. The van der Waals surface area contributed by atoms with E-state index in [0.717, 1.165) is 24.0 Å². The molecule has 2 saturated heterocycles. The average Bonchev–Trinajstić information content (AvgIpc) is 4.07. The fraction of sp³-hybridized carbons (Fsp3) is 0.383. The summed E-state index contributed by atoms with van der Waals surface area (Å²) in [4.78, 5) is 34.2. The number of hydrogen-bond acceptors (Lipinski definition) is 12. The molecule has 65 heavy (non-hydrogen) atoms. The van der Waals surface area contributed by atoms with Gasteiger partial charge in [0.1, 0.15) is 61.1 Å². The zero-order valence-electron chi connectivity index (χ0n) is 37.3. The lowest BCUT2D eigenvalue weighted by Gasteiger charge is -2.51. The minimum absolute atomic E-state index is 0.0201. The predicted molar refractivity (Wildman–Crippen MR) is 237 cm³/mol. The Kier molecular flexibility index (Phi) is 12.8. The maximum atomic E-state index is 16.2. The van der Waals surface area contributed by atoms with E-state index in [9.17, 15) is 14.0 Å². The molecule has 8 rings (SSSR count). The van der Waals surface area contributed by atoms with Crippen LogP contribution in [-0.2, 0) is 31.3 Å². The van der Waals surface area contributed by atoms with Gasteiger partial charge in [0.15, 0.2) is 5.82 Å². The van der Waals surface area contributed by atoms with Crippen LogP contribution >= 0.6 is 0 Å². The largest absolute Gasteiger partial charge is 0.496 e. The summed E-state index contributed by atoms with van der Waals surface area (Å²) in [6.07, 6.45) is 7.99. The Labute approximate surface area is 375 Å². The van der Waals surface area contributed by atoms with E-state index in [1.54, 1.807) is 13.3 Å². The number of piperazine rings is 1. The molecule has 16 nitrogen and oxygen atoms in total. The van der Waals surface area contributed by atoms with Gasteiger partial charge in [-0.05, 0) is 42.7 Å². The first-order chi connectivity index (χ1) is 31.2. The number of nitrogens with zero attached hydrogens (tertiary/aromatic N) is 7. The Bertz CT molecular complexity index is 2640. The number of quaternary nitrogens is 1. The number of allylic oxidation sites excluding steroid dienone is 3. The highest BCUT2D eigenvalue weighted by atomic mass is 19.1. The van der Waals surface area contributed by atoms with Gasteiger partial charge in [-0.15, -0.1) is 14.8 Å². The molecular formula is C47H55F2N10O6+. The van der Waals surface area contributed by atoms with E-state index in [2.05, 4.69) is 30.7 Å². The van der Waals surface area contributed by atoms with Gasteiger partial charge in [0.25, 0.3) is 5.82 Å². The highest BCUT2D eigenvalue weighted by Gasteiger charge is 2.59. The van der Waals surface area contributed by atoms with E-state index < -0.39 is 41.0 Å². The number of likely N-dealkylation sites (N-methyl/N-ethyl adjacent to an activating group) is 1. The van der Waals surface area contributed by atoms with Crippen LogP contribution in [0.5, 0.6) is 5.75 Å². The minimum atomic E-state index is -1.88. The number of carbonyl (C=O) groups is 1. The minimum Gasteiger partial charge on any atom is -0.496 e. The average molecular weight is 894 g/mol. The number of hydrogen-bond donors (Lipinski definition) is 3. The molecule has 3 N–H and O–H groups in total. The lowest BCUT2D eigenvalue weighted by Crippen LogP contribution is -2.68. The number of ether oxygens (including phenoxy) is 4. The molecule has 0 spiro atoms. The van der Waals surface area contributed by atoms with Crippen molar-refractivity contribution in [2.75, 3.05) is 47.0 Å². The van der Waals surface area contributed by atoms with Crippen LogP contribution < -0.4 is 21.1 Å². The van der Waals surface area contributed by atoms with Crippen LogP contribution in [-0.4, -0.2) is 104 Å². The van der Waals surface area contributed by atoms with Gasteiger partial charge in [-0.3, -0.25) is 9.72 Å². The van der Waals surface area contributed by atoms with Crippen LogP contribution in [0.4, 0.5) is 8.78 Å². The quantitative estimate of drug-likeness (QED) is 0.0879. The molecule has 342 valence electrons. The molecule has 18 heteroatoms. The molecule has 5 heterocycles. The SMILES string of the molecule is COc1ccccc1C1CNCCN1[N+](C)(C(=C1C=CNC(C(C)(CC=O)OCC(C)(C)C)=C1)n1nc(-c2ccccc2)[nH]c1=O)C1COC(Cn2cncn2)(c2ccc(F)cc2F)O1. The summed E-state index contributed by atoms with van der Waals surface area (Å²) in [5, 5.41) is 18.4. The number of carbonyl (C=O) groups excluding carboxylic acids is 1. The second-order valence-electron chi connectivity index (χ2n) is 17.8. The van der Waals surface area contributed by atoms with Crippen molar-refractivity contribution in [2.24, 2.45) is 5.41 Å². The third kappa shape index (κ3) is 9.10. The lowest BCUT2D eigenvalue weighted by molar-refractivity contribution is -1.01. The molecule has 0 amide bonds. The maximum absolute atomic E-state index is 16.2. The third-order valence-corrected chi connectivity index (χ3v) is 12.0. The number of methoxy groups -OCH3 is 1. The molecule has 3 aliphatic rings. The van der Waals surface area contributed by atoms with Crippen molar-refractivity contribution in [3.63, 3.8) is 0 Å². The monoisotopic (exact) mass is 893 g/mol. The Morgan fingerprint density at radius 3 is 2.58 bits per heavy atom. The molecular weight excluding hydrogens is 839 g/mol. The highest BCUT2D eigenvalue weighted by Crippen LogP contribution is 2.47. The molecule has 2 aromatic heterocycles. The number of H-pyrrole nitrogens is 1. The normalized spacial score (nSPS) is 23.0. The number of para-hydroxylation sites is 1. The van der Waals surface area contributed by atoms with Crippen molar-refractivity contribution in [1.29, 1.82) is 0 Å². The summed E-state index contributed by atoms with van der Waals surface area (Å²) >= 11 is 0. The summed E-state index contributed by atoms with van der Waals surface area (Å²) in [7, 11) is 3.52. The van der Waals surface area contributed by atoms with Crippen molar-refractivity contribution < 1.29 is 37.1 Å². The Balaban J connectivity index is 1.41. The highest BCUT2D eigenvalue weighted by molar-refractivity contribution is 5.60. The first-order valence-electron chi connectivity index (χ1n) is 21.5. The van der Waals surface area contributed by atoms with Gasteiger partial charge in [-0.25, -0.2) is 23.2 Å². The number of rotatable bonds is 15. The van der Waals surface area contributed by atoms with E-state index in [1.165, 1.54) is 28.1 Å². The molecule has 0 radical (unpaired) electrons. The second-order valence-corrected chi connectivity index (χ2v) is 17.8. The van der Waals surface area contributed by atoms with Gasteiger partial charge in [-0.2, -0.15) is 9.69 Å². The number of dihydropyridines is 1. The Morgan fingerprint density at radius 2 is 1.86 bits per heavy atom. The van der Waals surface area contributed by atoms with Crippen LogP contribution in [0.15, 0.2) is 120 Å². The molecule has 3 aromatic carbocycles. The molecule has 2 fully saturated rings. The number of aromatic amines is 1. The van der Waals surface area contributed by atoms with Crippen LogP contribution in [0.25, 0.3) is 17.2 Å². The Morgan fingerprint density at radius 1 is 1.08 bits per heavy atom. The summed E-state index contributed by atoms with van der Waals surface area (Å²) in [5.41, 5.74) is 0.601. The zero-order chi connectivity index (χ0) is 46.0. The standard InChI is InChI=1S/C47H54F2N10O6/c1-45(2,3)29-64-46(4,19-23-60)40-24-33(18-20-52-40)43(58-44(61)54-42(55-58)32-12-8-7-9-13-32)59(5,57-22-21-50-26-38(57)35-14-10-11-15-39(35)62-6)41-27-63-47(65-41,28-56-31-51-30-53-56)36-17-16-34(48)25-37(36)49/h7-18,20,23-25,30-31,38,41,50,52H,19,21-22,26-29H2,1-6H3/p+1. The molecule has 0 aliphatic carbocycles. The number of benzene rings is 3. The topological polar surface area (TPSA) is 163 Å². The fourth-order valence-electron chi connectivity index (χ4n) is 8.67. The van der Waals surface area contributed by atoms with Gasteiger partial charge in [0.05, 0.1) is 32.9 Å². The van der Waals surface area contributed by atoms with E-state index >= 15 is 4.39 Å². The van der Waals surface area contributed by atoms with Gasteiger partial charge in [0, 0.05) is 54.2 Å². The van der Waals surface area contributed by atoms with E-state index in [-0.39, 0.29) is 35.1 Å². The molecule has 0 bridgehead atoms. The van der Waals surface area contributed by atoms with Crippen LogP contribution in [0.2, 0.25) is 0 Å².